The lowest BCUT2D eigenvalue weighted by molar-refractivity contribution is 0.1000. The first-order valence-corrected chi connectivity index (χ1v) is 7.68. The van der Waals surface area contributed by atoms with Gasteiger partial charge >= 0.3 is 0 Å². The standard InChI is InChI=1S/C18H20N2O3/c1-12-17(9-10-22-12)20-14-5-7-15(8-6-14)23-16-4-2-3-13(11-16)18(19)21/h2-8,11-12,17,20H,9-10H2,1H3,(H2,19,21)/t12-,17+/m0/s1. The quantitative estimate of drug-likeness (QED) is 0.889. The minimum atomic E-state index is -0.470. The summed E-state index contributed by atoms with van der Waals surface area (Å²) in [5.74, 6) is 0.815. The first-order valence-electron chi connectivity index (χ1n) is 7.68. The van der Waals surface area contributed by atoms with Gasteiger partial charge in [-0.25, -0.2) is 0 Å². The Kier molecular flexibility index (Phi) is 4.48. The Morgan fingerprint density at radius 2 is 2.00 bits per heavy atom. The zero-order chi connectivity index (χ0) is 16.2. The summed E-state index contributed by atoms with van der Waals surface area (Å²) in [5.41, 5.74) is 6.73. The van der Waals surface area contributed by atoms with Crippen molar-refractivity contribution >= 4 is 11.6 Å². The second kappa shape index (κ2) is 6.71. The average Bonchev–Trinajstić information content (AvgIpc) is 2.95. The number of ether oxygens (including phenoxy) is 2. The van der Waals surface area contributed by atoms with Crippen LogP contribution < -0.4 is 15.8 Å². The van der Waals surface area contributed by atoms with E-state index in [2.05, 4.69) is 12.2 Å². The highest BCUT2D eigenvalue weighted by molar-refractivity contribution is 5.93. The molecule has 0 aliphatic carbocycles. The largest absolute Gasteiger partial charge is 0.457 e. The molecule has 23 heavy (non-hydrogen) atoms. The number of nitrogens with two attached hydrogens (primary N) is 1. The molecule has 0 aromatic heterocycles. The number of hydrogen-bond donors (Lipinski definition) is 2. The molecule has 3 N–H and O–H groups in total. The molecule has 5 nitrogen and oxygen atoms in total. The fourth-order valence-electron chi connectivity index (χ4n) is 2.60. The molecule has 2 aromatic rings. The minimum Gasteiger partial charge on any atom is -0.457 e. The van der Waals surface area contributed by atoms with Crippen molar-refractivity contribution in [3.05, 3.63) is 54.1 Å². The Labute approximate surface area is 135 Å². The van der Waals surface area contributed by atoms with Crippen LogP contribution in [0.25, 0.3) is 0 Å². The number of carbonyl (C=O) groups excluding carboxylic acids is 1. The van der Waals surface area contributed by atoms with E-state index in [9.17, 15) is 4.79 Å². The fourth-order valence-corrected chi connectivity index (χ4v) is 2.60. The Bertz CT molecular complexity index is 685. The summed E-state index contributed by atoms with van der Waals surface area (Å²) < 4.78 is 11.3. The van der Waals surface area contributed by atoms with Crippen LogP contribution >= 0.6 is 0 Å². The van der Waals surface area contributed by atoms with Crippen molar-refractivity contribution in [2.24, 2.45) is 5.73 Å². The van der Waals surface area contributed by atoms with Gasteiger partial charge < -0.3 is 20.5 Å². The lowest BCUT2D eigenvalue weighted by atomic mass is 10.1. The van der Waals surface area contributed by atoms with Gasteiger partial charge in [0.05, 0.1) is 12.1 Å². The third-order valence-corrected chi connectivity index (χ3v) is 3.94. The molecule has 1 aliphatic rings. The van der Waals surface area contributed by atoms with Crippen molar-refractivity contribution in [3.63, 3.8) is 0 Å². The van der Waals surface area contributed by atoms with Gasteiger partial charge in [-0.15, -0.1) is 0 Å². The number of nitrogens with one attached hydrogen (secondary N) is 1. The SMILES string of the molecule is C[C@@H]1OCC[C@H]1Nc1ccc(Oc2cccc(C(N)=O)c2)cc1. The molecule has 1 saturated heterocycles. The molecule has 0 spiro atoms. The molecule has 1 aliphatic heterocycles. The Morgan fingerprint density at radius 3 is 2.65 bits per heavy atom. The first kappa shape index (κ1) is 15.4. The molecule has 2 aromatic carbocycles. The Hall–Kier alpha value is -2.53. The Morgan fingerprint density at radius 1 is 1.22 bits per heavy atom. The van der Waals surface area contributed by atoms with Crippen molar-refractivity contribution in [2.45, 2.75) is 25.5 Å². The van der Waals surface area contributed by atoms with Gasteiger partial charge in [-0.05, 0) is 55.8 Å². The number of rotatable bonds is 5. The van der Waals surface area contributed by atoms with E-state index in [1.807, 2.05) is 24.3 Å². The van der Waals surface area contributed by atoms with Crippen molar-refractivity contribution in [1.82, 2.24) is 0 Å². The maximum atomic E-state index is 11.2. The van der Waals surface area contributed by atoms with Crippen LogP contribution in [0.5, 0.6) is 11.5 Å². The highest BCUT2D eigenvalue weighted by Crippen LogP contribution is 2.25. The normalized spacial score (nSPS) is 20.2. The molecule has 3 rings (SSSR count). The minimum absolute atomic E-state index is 0.225. The van der Waals surface area contributed by atoms with Crippen LogP contribution in [0.1, 0.15) is 23.7 Å². The number of benzene rings is 2. The number of hydrogen-bond acceptors (Lipinski definition) is 4. The van der Waals surface area contributed by atoms with Crippen LogP contribution in [-0.4, -0.2) is 24.7 Å². The van der Waals surface area contributed by atoms with Gasteiger partial charge in [-0.1, -0.05) is 6.07 Å². The van der Waals surface area contributed by atoms with E-state index in [4.69, 9.17) is 15.2 Å². The lowest BCUT2D eigenvalue weighted by Crippen LogP contribution is -2.26. The molecule has 1 fully saturated rings. The summed E-state index contributed by atoms with van der Waals surface area (Å²) in [6.45, 7) is 2.88. The van der Waals surface area contributed by atoms with Crippen LogP contribution in [0.2, 0.25) is 0 Å². The van der Waals surface area contributed by atoms with Crippen LogP contribution in [0.3, 0.4) is 0 Å². The van der Waals surface area contributed by atoms with Crippen LogP contribution in [0, 0.1) is 0 Å². The maximum absolute atomic E-state index is 11.2. The predicted octanol–water partition coefficient (Wildman–Crippen LogP) is 3.17. The highest BCUT2D eigenvalue weighted by atomic mass is 16.5. The molecule has 1 amide bonds. The molecular formula is C18H20N2O3. The molecule has 0 saturated carbocycles. The molecule has 0 bridgehead atoms. The van der Waals surface area contributed by atoms with E-state index < -0.39 is 5.91 Å². The van der Waals surface area contributed by atoms with Crippen LogP contribution in [-0.2, 0) is 4.74 Å². The number of anilines is 1. The summed E-state index contributed by atoms with van der Waals surface area (Å²) in [4.78, 5) is 11.2. The monoisotopic (exact) mass is 312 g/mol. The lowest BCUT2D eigenvalue weighted by Gasteiger charge is -2.17. The molecular weight excluding hydrogens is 292 g/mol. The van der Waals surface area contributed by atoms with Gasteiger partial charge in [-0.3, -0.25) is 4.79 Å². The van der Waals surface area contributed by atoms with E-state index in [1.54, 1.807) is 24.3 Å². The van der Waals surface area contributed by atoms with E-state index in [0.29, 0.717) is 23.1 Å². The van der Waals surface area contributed by atoms with E-state index in [0.717, 1.165) is 18.7 Å². The summed E-state index contributed by atoms with van der Waals surface area (Å²) >= 11 is 0. The zero-order valence-electron chi connectivity index (χ0n) is 13.0. The van der Waals surface area contributed by atoms with E-state index in [1.165, 1.54) is 0 Å². The number of primary amides is 1. The Balaban J connectivity index is 1.65. The summed E-state index contributed by atoms with van der Waals surface area (Å²) in [6.07, 6.45) is 1.24. The number of amides is 1. The van der Waals surface area contributed by atoms with Gasteiger partial charge in [0.2, 0.25) is 5.91 Å². The maximum Gasteiger partial charge on any atom is 0.248 e. The molecule has 5 heteroatoms. The first-order chi connectivity index (χ1) is 11.1. The average molecular weight is 312 g/mol. The van der Waals surface area contributed by atoms with Gasteiger partial charge in [-0.2, -0.15) is 0 Å². The third kappa shape index (κ3) is 3.81. The van der Waals surface area contributed by atoms with Crippen LogP contribution in [0.4, 0.5) is 5.69 Å². The molecule has 120 valence electrons. The van der Waals surface area contributed by atoms with E-state index in [-0.39, 0.29) is 6.10 Å². The smallest absolute Gasteiger partial charge is 0.248 e. The van der Waals surface area contributed by atoms with Gasteiger partial charge in [0.15, 0.2) is 0 Å². The predicted molar refractivity (Wildman–Crippen MR) is 88.9 cm³/mol. The summed E-state index contributed by atoms with van der Waals surface area (Å²) in [5, 5.41) is 3.46. The van der Waals surface area contributed by atoms with E-state index >= 15 is 0 Å². The van der Waals surface area contributed by atoms with Crippen LogP contribution in [0.15, 0.2) is 48.5 Å². The number of carbonyl (C=O) groups is 1. The molecule has 0 radical (unpaired) electrons. The fraction of sp³-hybridized carbons (Fsp3) is 0.278. The second-order valence-corrected chi connectivity index (χ2v) is 5.63. The van der Waals surface area contributed by atoms with Gasteiger partial charge in [0, 0.05) is 17.9 Å². The van der Waals surface area contributed by atoms with Crippen molar-refractivity contribution < 1.29 is 14.3 Å². The molecule has 2 atom stereocenters. The zero-order valence-corrected chi connectivity index (χ0v) is 13.0. The van der Waals surface area contributed by atoms with Gasteiger partial charge in [0.25, 0.3) is 0 Å². The second-order valence-electron chi connectivity index (χ2n) is 5.63. The summed E-state index contributed by atoms with van der Waals surface area (Å²) in [7, 11) is 0. The topological polar surface area (TPSA) is 73.6 Å². The van der Waals surface area contributed by atoms with Crippen molar-refractivity contribution in [3.8, 4) is 11.5 Å². The molecule has 1 heterocycles. The molecule has 0 unspecified atom stereocenters. The summed E-state index contributed by atoms with van der Waals surface area (Å²) in [6, 6.07) is 14.9. The van der Waals surface area contributed by atoms with Crippen molar-refractivity contribution in [1.29, 1.82) is 0 Å². The highest BCUT2D eigenvalue weighted by Gasteiger charge is 2.23. The third-order valence-electron chi connectivity index (χ3n) is 3.94. The van der Waals surface area contributed by atoms with Gasteiger partial charge in [0.1, 0.15) is 11.5 Å². The van der Waals surface area contributed by atoms with Crippen molar-refractivity contribution in [2.75, 3.05) is 11.9 Å².